The molecule has 3 rings (SSSR count). The molecule has 2 heterocycles. The van der Waals surface area contributed by atoms with Gasteiger partial charge in [0, 0.05) is 36.3 Å². The van der Waals surface area contributed by atoms with Gasteiger partial charge in [-0.05, 0) is 52.1 Å². The fourth-order valence-corrected chi connectivity index (χ4v) is 3.32. The van der Waals surface area contributed by atoms with Crippen LogP contribution in [-0.2, 0) is 6.54 Å². The second kappa shape index (κ2) is 7.04. The Bertz CT molecular complexity index is 660. The minimum atomic E-state index is 0.656. The number of halogens is 1. The Morgan fingerprint density at radius 3 is 2.70 bits per heavy atom. The normalized spacial score (nSPS) is 17.1. The Labute approximate surface area is 143 Å². The Morgan fingerprint density at radius 1 is 1.30 bits per heavy atom. The van der Waals surface area contributed by atoms with Crippen LogP contribution in [0.1, 0.15) is 24.3 Å². The van der Waals surface area contributed by atoms with Crippen molar-refractivity contribution in [1.29, 1.82) is 0 Å². The predicted octanol–water partition coefficient (Wildman–Crippen LogP) is 3.83. The van der Waals surface area contributed by atoms with Crippen LogP contribution in [0.3, 0.4) is 0 Å². The van der Waals surface area contributed by atoms with Crippen molar-refractivity contribution < 1.29 is 4.42 Å². The van der Waals surface area contributed by atoms with Gasteiger partial charge >= 0.3 is 0 Å². The summed E-state index contributed by atoms with van der Waals surface area (Å²) in [6, 6.07) is 8.34. The van der Waals surface area contributed by atoms with E-state index < -0.39 is 0 Å². The number of hydrogen-bond acceptors (Lipinski definition) is 4. The van der Waals surface area contributed by atoms with Crippen LogP contribution in [0.25, 0.3) is 11.5 Å². The van der Waals surface area contributed by atoms with Crippen molar-refractivity contribution in [2.45, 2.75) is 32.4 Å². The summed E-state index contributed by atoms with van der Waals surface area (Å²) in [6.07, 6.45) is 2.43. The van der Waals surface area contributed by atoms with Crippen molar-refractivity contribution in [3.05, 3.63) is 40.7 Å². The van der Waals surface area contributed by atoms with Crippen molar-refractivity contribution in [2.24, 2.45) is 0 Å². The van der Waals surface area contributed by atoms with Gasteiger partial charge in [0.15, 0.2) is 0 Å². The maximum atomic E-state index is 6.05. The van der Waals surface area contributed by atoms with Crippen LogP contribution in [-0.4, -0.2) is 48.0 Å². The first kappa shape index (κ1) is 16.5. The molecule has 23 heavy (non-hydrogen) atoms. The van der Waals surface area contributed by atoms with E-state index in [1.165, 1.54) is 12.8 Å². The van der Waals surface area contributed by atoms with Crippen molar-refractivity contribution in [3.63, 3.8) is 0 Å². The first-order chi connectivity index (χ1) is 11.0. The highest BCUT2D eigenvalue weighted by atomic mass is 35.5. The fourth-order valence-electron chi connectivity index (χ4n) is 3.13. The molecule has 0 amide bonds. The van der Waals surface area contributed by atoms with Gasteiger partial charge in [-0.2, -0.15) is 0 Å². The molecule has 0 radical (unpaired) electrons. The van der Waals surface area contributed by atoms with E-state index in [1.807, 2.05) is 31.2 Å². The van der Waals surface area contributed by atoms with E-state index >= 15 is 0 Å². The molecule has 0 aliphatic carbocycles. The summed E-state index contributed by atoms with van der Waals surface area (Å²) in [5, 5.41) is 0.700. The van der Waals surface area contributed by atoms with E-state index in [9.17, 15) is 0 Å². The van der Waals surface area contributed by atoms with E-state index in [0.29, 0.717) is 17.0 Å². The van der Waals surface area contributed by atoms with Crippen LogP contribution in [0.2, 0.25) is 5.02 Å². The number of oxazole rings is 1. The average molecular weight is 334 g/mol. The Hall–Kier alpha value is -1.36. The highest BCUT2D eigenvalue weighted by Crippen LogP contribution is 2.25. The lowest BCUT2D eigenvalue weighted by Crippen LogP contribution is -2.41. The number of hydrogen-bond donors (Lipinski definition) is 0. The van der Waals surface area contributed by atoms with Crippen LogP contribution in [0.15, 0.2) is 28.7 Å². The van der Waals surface area contributed by atoms with Gasteiger partial charge in [-0.25, -0.2) is 4.98 Å². The molecule has 1 aliphatic rings. The maximum absolute atomic E-state index is 6.05. The van der Waals surface area contributed by atoms with E-state index in [1.54, 1.807) is 0 Å². The molecule has 1 saturated heterocycles. The molecule has 4 nitrogen and oxygen atoms in total. The Morgan fingerprint density at radius 2 is 2.04 bits per heavy atom. The third kappa shape index (κ3) is 3.94. The average Bonchev–Trinajstić information content (AvgIpc) is 2.89. The Balaban J connectivity index is 1.68. The molecule has 5 heteroatoms. The largest absolute Gasteiger partial charge is 0.441 e. The smallest absolute Gasteiger partial charge is 0.226 e. The van der Waals surface area contributed by atoms with Gasteiger partial charge in [-0.15, -0.1) is 0 Å². The minimum absolute atomic E-state index is 0.656. The summed E-state index contributed by atoms with van der Waals surface area (Å²) in [5.41, 5.74) is 1.96. The third-order valence-electron chi connectivity index (χ3n) is 4.63. The van der Waals surface area contributed by atoms with Crippen LogP contribution in [0.4, 0.5) is 0 Å². The fraction of sp³-hybridized carbons (Fsp3) is 0.500. The standard InChI is InChI=1S/C18H24ClN3O/c1-13-17(12-22-9-7-16(8-10-22)21(2)3)20-18(23-13)14-5-4-6-15(19)11-14/h4-6,11,16H,7-10,12H2,1-3H3. The number of rotatable bonds is 4. The summed E-state index contributed by atoms with van der Waals surface area (Å²) >= 11 is 6.05. The summed E-state index contributed by atoms with van der Waals surface area (Å²) in [5.74, 6) is 1.55. The lowest BCUT2D eigenvalue weighted by atomic mass is 10.0. The minimum Gasteiger partial charge on any atom is -0.441 e. The molecule has 1 aromatic carbocycles. The lowest BCUT2D eigenvalue weighted by Gasteiger charge is -2.34. The zero-order valence-electron chi connectivity index (χ0n) is 14.1. The summed E-state index contributed by atoms with van der Waals surface area (Å²) in [6.45, 7) is 5.07. The van der Waals surface area contributed by atoms with Crippen LogP contribution in [0.5, 0.6) is 0 Å². The number of benzene rings is 1. The third-order valence-corrected chi connectivity index (χ3v) is 4.86. The zero-order valence-corrected chi connectivity index (χ0v) is 14.8. The number of nitrogens with zero attached hydrogens (tertiary/aromatic N) is 3. The number of aryl methyl sites for hydroxylation is 1. The van der Waals surface area contributed by atoms with Gasteiger partial charge in [0.25, 0.3) is 0 Å². The van der Waals surface area contributed by atoms with Crippen LogP contribution >= 0.6 is 11.6 Å². The Kier molecular flexibility index (Phi) is 5.05. The first-order valence-corrected chi connectivity index (χ1v) is 8.52. The molecular weight excluding hydrogens is 310 g/mol. The van der Waals surface area contributed by atoms with Crippen LogP contribution < -0.4 is 0 Å². The molecule has 0 spiro atoms. The van der Waals surface area contributed by atoms with Gasteiger partial charge in [0.05, 0.1) is 5.69 Å². The van der Waals surface area contributed by atoms with Gasteiger partial charge in [-0.1, -0.05) is 17.7 Å². The van der Waals surface area contributed by atoms with E-state index in [0.717, 1.165) is 36.7 Å². The maximum Gasteiger partial charge on any atom is 0.226 e. The summed E-state index contributed by atoms with van der Waals surface area (Å²) < 4.78 is 5.85. The highest BCUT2D eigenvalue weighted by molar-refractivity contribution is 6.30. The molecule has 0 atom stereocenters. The molecule has 2 aromatic rings. The number of likely N-dealkylation sites (tertiary alicyclic amines) is 1. The van der Waals surface area contributed by atoms with Gasteiger partial charge in [0.1, 0.15) is 5.76 Å². The molecular formula is C18H24ClN3O. The number of aromatic nitrogens is 1. The molecule has 1 aromatic heterocycles. The molecule has 0 bridgehead atoms. The van der Waals surface area contributed by atoms with E-state index in [4.69, 9.17) is 21.0 Å². The molecule has 1 fully saturated rings. The topological polar surface area (TPSA) is 32.5 Å². The quantitative estimate of drug-likeness (QED) is 0.851. The van der Waals surface area contributed by atoms with Gasteiger partial charge in [0.2, 0.25) is 5.89 Å². The zero-order chi connectivity index (χ0) is 16.4. The second-order valence-corrected chi connectivity index (χ2v) is 6.94. The molecule has 0 saturated carbocycles. The van der Waals surface area contributed by atoms with Crippen molar-refractivity contribution >= 4 is 11.6 Å². The van der Waals surface area contributed by atoms with Crippen molar-refractivity contribution in [1.82, 2.24) is 14.8 Å². The van der Waals surface area contributed by atoms with Gasteiger partial charge in [-0.3, -0.25) is 4.90 Å². The second-order valence-electron chi connectivity index (χ2n) is 6.50. The van der Waals surface area contributed by atoms with Gasteiger partial charge < -0.3 is 9.32 Å². The van der Waals surface area contributed by atoms with Crippen molar-refractivity contribution in [2.75, 3.05) is 27.2 Å². The monoisotopic (exact) mass is 333 g/mol. The predicted molar refractivity (Wildman–Crippen MR) is 93.7 cm³/mol. The summed E-state index contributed by atoms with van der Waals surface area (Å²) in [7, 11) is 4.33. The SMILES string of the molecule is Cc1oc(-c2cccc(Cl)c2)nc1CN1CCC(N(C)C)CC1. The molecule has 124 valence electrons. The lowest BCUT2D eigenvalue weighted by molar-refractivity contribution is 0.138. The highest BCUT2D eigenvalue weighted by Gasteiger charge is 2.22. The number of piperidine rings is 1. The molecule has 0 unspecified atom stereocenters. The van der Waals surface area contributed by atoms with E-state index in [-0.39, 0.29) is 0 Å². The van der Waals surface area contributed by atoms with Crippen LogP contribution in [0, 0.1) is 6.92 Å². The van der Waals surface area contributed by atoms with Crippen molar-refractivity contribution in [3.8, 4) is 11.5 Å². The van der Waals surface area contributed by atoms with E-state index in [2.05, 4.69) is 23.9 Å². The molecule has 1 aliphatic heterocycles. The first-order valence-electron chi connectivity index (χ1n) is 8.14. The summed E-state index contributed by atoms with van der Waals surface area (Å²) in [4.78, 5) is 9.49. The molecule has 0 N–H and O–H groups in total.